The van der Waals surface area contributed by atoms with Crippen LogP contribution < -0.4 is 9.64 Å². The number of aromatic nitrogens is 3. The molecule has 0 spiro atoms. The van der Waals surface area contributed by atoms with E-state index in [1.54, 1.807) is 12.1 Å². The fourth-order valence-electron chi connectivity index (χ4n) is 3.56. The van der Waals surface area contributed by atoms with Crippen LogP contribution in [0.2, 0.25) is 10.0 Å². The van der Waals surface area contributed by atoms with Gasteiger partial charge in [0.25, 0.3) is 0 Å². The van der Waals surface area contributed by atoms with E-state index >= 15 is 0 Å². The molecule has 2 aliphatic heterocycles. The first-order valence-corrected chi connectivity index (χ1v) is 9.41. The summed E-state index contributed by atoms with van der Waals surface area (Å²) in [7, 11) is 0. The van der Waals surface area contributed by atoms with E-state index in [2.05, 4.69) is 26.2 Å². The SMILES string of the molecule is C=CCOc1ccc(Cl)c(Cl)c1C1Cc2nnc(N3CCOCC3)n2C1. The van der Waals surface area contributed by atoms with Crippen LogP contribution in [-0.4, -0.2) is 47.7 Å². The van der Waals surface area contributed by atoms with Crippen molar-refractivity contribution >= 4 is 29.2 Å². The van der Waals surface area contributed by atoms with Crippen LogP contribution in [0.25, 0.3) is 0 Å². The zero-order valence-corrected chi connectivity index (χ0v) is 15.8. The van der Waals surface area contributed by atoms with Gasteiger partial charge in [-0.1, -0.05) is 35.9 Å². The Labute approximate surface area is 162 Å². The topological polar surface area (TPSA) is 52.4 Å². The van der Waals surface area contributed by atoms with Crippen molar-refractivity contribution in [3.8, 4) is 5.75 Å². The second kappa shape index (κ2) is 7.47. The number of nitrogens with zero attached hydrogens (tertiary/aromatic N) is 4. The molecule has 26 heavy (non-hydrogen) atoms. The van der Waals surface area contributed by atoms with Crippen molar-refractivity contribution in [1.29, 1.82) is 0 Å². The average Bonchev–Trinajstić information content (AvgIpc) is 3.24. The molecule has 6 nitrogen and oxygen atoms in total. The molecule has 1 aromatic heterocycles. The lowest BCUT2D eigenvalue weighted by Gasteiger charge is -2.27. The number of fused-ring (bicyclic) bond motifs is 1. The second-order valence-corrected chi connectivity index (χ2v) is 7.19. The molecule has 0 aliphatic carbocycles. The highest BCUT2D eigenvalue weighted by Gasteiger charge is 2.33. The van der Waals surface area contributed by atoms with Crippen molar-refractivity contribution in [3.63, 3.8) is 0 Å². The van der Waals surface area contributed by atoms with Crippen LogP contribution in [-0.2, 0) is 17.7 Å². The Kier molecular flexibility index (Phi) is 5.07. The van der Waals surface area contributed by atoms with Crippen LogP contribution in [0.3, 0.4) is 0 Å². The number of halogens is 2. The van der Waals surface area contributed by atoms with Gasteiger partial charge < -0.3 is 14.4 Å². The summed E-state index contributed by atoms with van der Waals surface area (Å²) in [5.74, 6) is 2.75. The van der Waals surface area contributed by atoms with Crippen molar-refractivity contribution in [1.82, 2.24) is 14.8 Å². The van der Waals surface area contributed by atoms with E-state index in [-0.39, 0.29) is 5.92 Å². The molecule has 0 saturated carbocycles. The highest BCUT2D eigenvalue weighted by atomic mass is 35.5. The molecule has 0 N–H and O–H groups in total. The lowest BCUT2D eigenvalue weighted by atomic mass is 9.96. The quantitative estimate of drug-likeness (QED) is 0.727. The van der Waals surface area contributed by atoms with Gasteiger partial charge in [-0.3, -0.25) is 4.57 Å². The Hall–Kier alpha value is -1.76. The summed E-state index contributed by atoms with van der Waals surface area (Å²) in [5, 5.41) is 9.85. The van der Waals surface area contributed by atoms with Gasteiger partial charge >= 0.3 is 0 Å². The molecule has 1 aromatic carbocycles. The Balaban J connectivity index is 1.63. The first kappa shape index (κ1) is 17.6. The molecule has 3 heterocycles. The predicted molar refractivity (Wildman–Crippen MR) is 102 cm³/mol. The largest absolute Gasteiger partial charge is 0.489 e. The molecule has 0 amide bonds. The van der Waals surface area contributed by atoms with Crippen molar-refractivity contribution < 1.29 is 9.47 Å². The molecule has 1 saturated heterocycles. The van der Waals surface area contributed by atoms with E-state index < -0.39 is 0 Å². The number of benzene rings is 1. The van der Waals surface area contributed by atoms with Crippen LogP contribution in [0.1, 0.15) is 17.3 Å². The number of hydrogen-bond acceptors (Lipinski definition) is 5. The van der Waals surface area contributed by atoms with Gasteiger partial charge in [0, 0.05) is 37.5 Å². The van der Waals surface area contributed by atoms with Gasteiger partial charge in [0.2, 0.25) is 5.95 Å². The molecular weight excluding hydrogens is 375 g/mol. The molecule has 1 atom stereocenters. The summed E-state index contributed by atoms with van der Waals surface area (Å²) in [6.45, 7) is 7.96. The highest BCUT2D eigenvalue weighted by molar-refractivity contribution is 6.42. The number of hydrogen-bond donors (Lipinski definition) is 0. The summed E-state index contributed by atoms with van der Waals surface area (Å²) in [6.07, 6.45) is 2.47. The van der Waals surface area contributed by atoms with Crippen molar-refractivity contribution in [2.75, 3.05) is 37.8 Å². The zero-order chi connectivity index (χ0) is 18.1. The van der Waals surface area contributed by atoms with Crippen LogP contribution in [0.5, 0.6) is 5.75 Å². The first-order chi connectivity index (χ1) is 12.7. The Morgan fingerprint density at radius 3 is 2.85 bits per heavy atom. The Morgan fingerprint density at radius 2 is 2.08 bits per heavy atom. The molecule has 8 heteroatoms. The van der Waals surface area contributed by atoms with Crippen LogP contribution in [0.4, 0.5) is 5.95 Å². The molecule has 138 valence electrons. The van der Waals surface area contributed by atoms with E-state index in [0.717, 1.165) is 49.1 Å². The number of ether oxygens (including phenoxy) is 2. The third-order valence-electron chi connectivity index (χ3n) is 4.79. The van der Waals surface area contributed by atoms with E-state index in [1.807, 2.05) is 6.07 Å². The lowest BCUT2D eigenvalue weighted by molar-refractivity contribution is 0.121. The fourth-order valence-corrected chi connectivity index (χ4v) is 4.04. The maximum Gasteiger partial charge on any atom is 0.227 e. The van der Waals surface area contributed by atoms with E-state index in [0.29, 0.717) is 29.9 Å². The summed E-state index contributed by atoms with van der Waals surface area (Å²) in [6, 6.07) is 3.63. The minimum absolute atomic E-state index is 0.145. The second-order valence-electron chi connectivity index (χ2n) is 6.40. The van der Waals surface area contributed by atoms with Crippen LogP contribution >= 0.6 is 23.2 Å². The first-order valence-electron chi connectivity index (χ1n) is 8.65. The molecule has 0 bridgehead atoms. The summed E-state index contributed by atoms with van der Waals surface area (Å²) in [5.41, 5.74) is 0.930. The standard InChI is InChI=1S/C18H20Cl2N4O2/c1-2-7-26-14-4-3-13(19)17(20)16(14)12-10-15-21-22-18(24(15)11-12)23-5-8-25-9-6-23/h2-4,12H,1,5-11H2. The minimum Gasteiger partial charge on any atom is -0.489 e. The average molecular weight is 395 g/mol. The van der Waals surface area contributed by atoms with Crippen LogP contribution in [0.15, 0.2) is 24.8 Å². The number of rotatable bonds is 5. The highest BCUT2D eigenvalue weighted by Crippen LogP contribution is 2.43. The van der Waals surface area contributed by atoms with Crippen molar-refractivity contribution in [3.05, 3.63) is 46.2 Å². The molecular formula is C18H20Cl2N4O2. The van der Waals surface area contributed by atoms with Gasteiger partial charge in [-0.05, 0) is 12.1 Å². The Morgan fingerprint density at radius 1 is 1.27 bits per heavy atom. The van der Waals surface area contributed by atoms with Gasteiger partial charge in [0.05, 0.1) is 23.3 Å². The van der Waals surface area contributed by atoms with Gasteiger partial charge in [0.15, 0.2) is 0 Å². The smallest absolute Gasteiger partial charge is 0.227 e. The maximum absolute atomic E-state index is 6.55. The van der Waals surface area contributed by atoms with E-state index in [9.17, 15) is 0 Å². The van der Waals surface area contributed by atoms with Gasteiger partial charge in [0.1, 0.15) is 18.2 Å². The molecule has 1 unspecified atom stereocenters. The summed E-state index contributed by atoms with van der Waals surface area (Å²) in [4.78, 5) is 2.22. The summed E-state index contributed by atoms with van der Waals surface area (Å²) >= 11 is 12.8. The molecule has 2 aromatic rings. The number of morpholine rings is 1. The van der Waals surface area contributed by atoms with Gasteiger partial charge in [-0.2, -0.15) is 0 Å². The number of anilines is 1. The lowest BCUT2D eigenvalue weighted by Crippen LogP contribution is -2.38. The zero-order valence-electron chi connectivity index (χ0n) is 14.3. The maximum atomic E-state index is 6.55. The Bertz CT molecular complexity index is 818. The van der Waals surface area contributed by atoms with Crippen molar-refractivity contribution in [2.45, 2.75) is 18.9 Å². The van der Waals surface area contributed by atoms with Gasteiger partial charge in [-0.25, -0.2) is 0 Å². The minimum atomic E-state index is 0.145. The predicted octanol–water partition coefficient (Wildman–Crippen LogP) is 3.33. The van der Waals surface area contributed by atoms with E-state index in [1.165, 1.54) is 0 Å². The third-order valence-corrected chi connectivity index (χ3v) is 5.61. The van der Waals surface area contributed by atoms with Crippen LogP contribution in [0, 0.1) is 0 Å². The molecule has 1 fully saturated rings. The summed E-state index contributed by atoms with van der Waals surface area (Å²) < 4.78 is 13.4. The fraction of sp³-hybridized carbons (Fsp3) is 0.444. The molecule has 2 aliphatic rings. The van der Waals surface area contributed by atoms with Gasteiger partial charge in [-0.15, -0.1) is 10.2 Å². The molecule has 4 rings (SSSR count). The normalized spacial score (nSPS) is 19.5. The third kappa shape index (κ3) is 3.17. The monoisotopic (exact) mass is 394 g/mol. The van der Waals surface area contributed by atoms with Crippen molar-refractivity contribution in [2.24, 2.45) is 0 Å². The van der Waals surface area contributed by atoms with E-state index in [4.69, 9.17) is 32.7 Å². The molecule has 0 radical (unpaired) electrons.